The number of ether oxygens (including phenoxy) is 1. The SMILES string of the molecule is Cc1cccc(C(=O)NC(=NC[C@@H]2CCCO2)Nc2cccc(C)c2C)c1. The molecule has 0 radical (unpaired) electrons. The topological polar surface area (TPSA) is 62.7 Å². The normalized spacial score (nSPS) is 17.0. The maximum atomic E-state index is 12.7. The van der Waals surface area contributed by atoms with Crippen LogP contribution in [0.2, 0.25) is 0 Å². The Kier molecular flexibility index (Phi) is 6.24. The molecule has 142 valence electrons. The van der Waals surface area contributed by atoms with Crippen LogP contribution in [0.25, 0.3) is 0 Å². The number of nitrogens with zero attached hydrogens (tertiary/aromatic N) is 1. The smallest absolute Gasteiger partial charge is 0.257 e. The van der Waals surface area contributed by atoms with Gasteiger partial charge in [-0.15, -0.1) is 0 Å². The maximum absolute atomic E-state index is 12.7. The molecule has 0 aliphatic carbocycles. The molecule has 0 bridgehead atoms. The summed E-state index contributed by atoms with van der Waals surface area (Å²) in [4.78, 5) is 17.3. The Morgan fingerprint density at radius 1 is 1.19 bits per heavy atom. The molecule has 5 heteroatoms. The van der Waals surface area contributed by atoms with E-state index < -0.39 is 0 Å². The molecule has 1 heterocycles. The van der Waals surface area contributed by atoms with Gasteiger partial charge >= 0.3 is 0 Å². The molecular formula is C22H27N3O2. The number of anilines is 1. The number of hydrogen-bond donors (Lipinski definition) is 2. The van der Waals surface area contributed by atoms with E-state index in [0.717, 1.165) is 36.3 Å². The second-order valence-corrected chi connectivity index (χ2v) is 7.02. The lowest BCUT2D eigenvalue weighted by molar-refractivity contribution is 0.0975. The van der Waals surface area contributed by atoms with Crippen LogP contribution in [-0.4, -0.2) is 31.1 Å². The molecule has 0 unspecified atom stereocenters. The Morgan fingerprint density at radius 2 is 2.00 bits per heavy atom. The molecule has 0 spiro atoms. The van der Waals surface area contributed by atoms with E-state index in [-0.39, 0.29) is 12.0 Å². The van der Waals surface area contributed by atoms with Gasteiger partial charge < -0.3 is 10.1 Å². The quantitative estimate of drug-likeness (QED) is 0.636. The van der Waals surface area contributed by atoms with Gasteiger partial charge in [0.15, 0.2) is 0 Å². The average Bonchev–Trinajstić information content (AvgIpc) is 3.17. The van der Waals surface area contributed by atoms with Gasteiger partial charge in [-0.3, -0.25) is 10.1 Å². The first-order valence-electron chi connectivity index (χ1n) is 9.40. The van der Waals surface area contributed by atoms with Crippen LogP contribution in [0.3, 0.4) is 0 Å². The van der Waals surface area contributed by atoms with Crippen molar-refractivity contribution in [2.75, 3.05) is 18.5 Å². The Balaban J connectivity index is 1.79. The fraction of sp³-hybridized carbons (Fsp3) is 0.364. The van der Waals surface area contributed by atoms with Crippen molar-refractivity contribution < 1.29 is 9.53 Å². The number of amides is 1. The van der Waals surface area contributed by atoms with E-state index in [1.54, 1.807) is 6.07 Å². The summed E-state index contributed by atoms with van der Waals surface area (Å²) < 4.78 is 5.65. The molecule has 1 fully saturated rings. The van der Waals surface area contributed by atoms with Gasteiger partial charge in [-0.1, -0.05) is 29.8 Å². The van der Waals surface area contributed by atoms with Gasteiger partial charge in [0, 0.05) is 17.9 Å². The zero-order valence-corrected chi connectivity index (χ0v) is 16.2. The van der Waals surface area contributed by atoms with E-state index in [2.05, 4.69) is 35.5 Å². The fourth-order valence-corrected chi connectivity index (χ4v) is 3.07. The average molecular weight is 365 g/mol. The number of aliphatic imine (C=N–C) groups is 1. The van der Waals surface area contributed by atoms with Gasteiger partial charge in [0.05, 0.1) is 12.6 Å². The Hall–Kier alpha value is -2.66. The van der Waals surface area contributed by atoms with Gasteiger partial charge in [-0.25, -0.2) is 4.99 Å². The van der Waals surface area contributed by atoms with Crippen molar-refractivity contribution in [3.63, 3.8) is 0 Å². The van der Waals surface area contributed by atoms with Crippen LogP contribution in [0.5, 0.6) is 0 Å². The minimum Gasteiger partial charge on any atom is -0.376 e. The Labute approximate surface area is 160 Å². The molecular weight excluding hydrogens is 338 g/mol. The molecule has 0 aromatic heterocycles. The number of aryl methyl sites for hydroxylation is 2. The molecule has 27 heavy (non-hydrogen) atoms. The van der Waals surface area contributed by atoms with Crippen molar-refractivity contribution >= 4 is 17.6 Å². The van der Waals surface area contributed by atoms with E-state index in [1.165, 1.54) is 5.56 Å². The molecule has 1 atom stereocenters. The number of carbonyl (C=O) groups excluding carboxylic acids is 1. The summed E-state index contributed by atoms with van der Waals surface area (Å²) in [6.07, 6.45) is 2.19. The highest BCUT2D eigenvalue weighted by atomic mass is 16.5. The summed E-state index contributed by atoms with van der Waals surface area (Å²) in [5, 5.41) is 6.21. The Morgan fingerprint density at radius 3 is 2.74 bits per heavy atom. The first-order valence-corrected chi connectivity index (χ1v) is 9.40. The largest absolute Gasteiger partial charge is 0.376 e. The first kappa shape index (κ1) is 19.1. The predicted molar refractivity (Wildman–Crippen MR) is 109 cm³/mol. The van der Waals surface area contributed by atoms with E-state index in [0.29, 0.717) is 18.1 Å². The number of benzene rings is 2. The lowest BCUT2D eigenvalue weighted by Crippen LogP contribution is -2.37. The zero-order valence-electron chi connectivity index (χ0n) is 16.2. The van der Waals surface area contributed by atoms with Crippen molar-refractivity contribution in [2.45, 2.75) is 39.7 Å². The molecule has 0 saturated carbocycles. The van der Waals surface area contributed by atoms with Gasteiger partial charge in [-0.05, 0) is 62.9 Å². The molecule has 5 nitrogen and oxygen atoms in total. The van der Waals surface area contributed by atoms with Crippen LogP contribution in [0.1, 0.15) is 39.9 Å². The monoisotopic (exact) mass is 365 g/mol. The summed E-state index contributed by atoms with van der Waals surface area (Å²) >= 11 is 0. The summed E-state index contributed by atoms with van der Waals surface area (Å²) in [5.74, 6) is 0.272. The van der Waals surface area contributed by atoms with Crippen LogP contribution in [0.15, 0.2) is 47.5 Å². The molecule has 1 saturated heterocycles. The molecule has 2 aromatic carbocycles. The number of guanidine groups is 1. The van der Waals surface area contributed by atoms with Crippen LogP contribution >= 0.6 is 0 Å². The summed E-state index contributed by atoms with van der Waals surface area (Å²) in [5.41, 5.74) is 4.91. The molecule has 3 rings (SSSR count). The number of rotatable bonds is 4. The zero-order chi connectivity index (χ0) is 19.2. The minimum absolute atomic E-state index is 0.122. The highest BCUT2D eigenvalue weighted by Crippen LogP contribution is 2.18. The second kappa shape index (κ2) is 8.82. The van der Waals surface area contributed by atoms with E-state index in [9.17, 15) is 4.79 Å². The number of hydrogen-bond acceptors (Lipinski definition) is 3. The van der Waals surface area contributed by atoms with E-state index in [4.69, 9.17) is 4.74 Å². The van der Waals surface area contributed by atoms with Crippen LogP contribution in [0.4, 0.5) is 5.69 Å². The summed E-state index contributed by atoms with van der Waals surface area (Å²) in [6.45, 7) is 7.40. The van der Waals surface area contributed by atoms with Crippen molar-refractivity contribution in [1.82, 2.24) is 5.32 Å². The number of carbonyl (C=O) groups is 1. The van der Waals surface area contributed by atoms with Gasteiger partial charge in [-0.2, -0.15) is 0 Å². The molecule has 2 N–H and O–H groups in total. The highest BCUT2D eigenvalue weighted by Gasteiger charge is 2.16. The highest BCUT2D eigenvalue weighted by molar-refractivity contribution is 6.10. The van der Waals surface area contributed by atoms with Gasteiger partial charge in [0.2, 0.25) is 5.96 Å². The second-order valence-electron chi connectivity index (χ2n) is 7.02. The predicted octanol–water partition coefficient (Wildman–Crippen LogP) is 3.99. The van der Waals surface area contributed by atoms with Crippen LogP contribution in [0, 0.1) is 20.8 Å². The summed E-state index contributed by atoms with van der Waals surface area (Å²) in [7, 11) is 0. The van der Waals surface area contributed by atoms with Crippen molar-refractivity contribution in [1.29, 1.82) is 0 Å². The van der Waals surface area contributed by atoms with Gasteiger partial charge in [0.25, 0.3) is 5.91 Å². The van der Waals surface area contributed by atoms with E-state index in [1.807, 2.05) is 37.3 Å². The van der Waals surface area contributed by atoms with Crippen molar-refractivity contribution in [3.8, 4) is 0 Å². The fourth-order valence-electron chi connectivity index (χ4n) is 3.07. The lowest BCUT2D eigenvalue weighted by Gasteiger charge is -2.16. The standard InChI is InChI=1S/C22H27N3O2/c1-15-7-4-9-18(13-15)21(26)25-22(23-14-19-10-6-12-27-19)24-20-11-5-8-16(2)17(20)3/h4-5,7-9,11,13,19H,6,10,12,14H2,1-3H3,(H2,23,24,25,26)/t19-/m0/s1. The summed E-state index contributed by atoms with van der Waals surface area (Å²) in [6, 6.07) is 13.6. The van der Waals surface area contributed by atoms with E-state index >= 15 is 0 Å². The van der Waals surface area contributed by atoms with Crippen LogP contribution in [-0.2, 0) is 4.74 Å². The molecule has 1 amide bonds. The number of nitrogens with one attached hydrogen (secondary N) is 2. The third-order valence-corrected chi connectivity index (χ3v) is 4.85. The third-order valence-electron chi connectivity index (χ3n) is 4.85. The molecule has 1 aliphatic rings. The van der Waals surface area contributed by atoms with Gasteiger partial charge in [0.1, 0.15) is 0 Å². The Bertz CT molecular complexity index is 839. The lowest BCUT2D eigenvalue weighted by atomic mass is 10.1. The molecule has 2 aromatic rings. The molecule has 1 aliphatic heterocycles. The first-order chi connectivity index (χ1) is 13.0. The van der Waals surface area contributed by atoms with Crippen molar-refractivity contribution in [3.05, 3.63) is 64.7 Å². The minimum atomic E-state index is -0.178. The van der Waals surface area contributed by atoms with Crippen molar-refractivity contribution in [2.24, 2.45) is 4.99 Å². The third kappa shape index (κ3) is 5.17. The van der Waals surface area contributed by atoms with Crippen LogP contribution < -0.4 is 10.6 Å². The maximum Gasteiger partial charge on any atom is 0.257 e.